The zero-order valence-corrected chi connectivity index (χ0v) is 9.97. The van der Waals surface area contributed by atoms with E-state index >= 15 is 0 Å². The smallest absolute Gasteiger partial charge is 0.269 e. The molecule has 0 bridgehead atoms. The minimum atomic E-state index is -0.132. The number of nitrogens with one attached hydrogen (secondary N) is 1. The second kappa shape index (κ2) is 4.11. The lowest BCUT2D eigenvalue weighted by atomic mass is 10.1. The number of rotatable bonds is 1. The van der Waals surface area contributed by atoms with Crippen molar-refractivity contribution >= 4 is 11.0 Å². The van der Waals surface area contributed by atoms with Crippen LogP contribution in [0.4, 0.5) is 0 Å². The average molecular weight is 236 g/mol. The van der Waals surface area contributed by atoms with Gasteiger partial charge in [0, 0.05) is 0 Å². The van der Waals surface area contributed by atoms with Crippen LogP contribution in [0, 0.1) is 6.92 Å². The van der Waals surface area contributed by atoms with Crippen molar-refractivity contribution in [1.82, 2.24) is 9.97 Å². The van der Waals surface area contributed by atoms with E-state index in [0.717, 1.165) is 22.2 Å². The van der Waals surface area contributed by atoms with Crippen LogP contribution in [0.5, 0.6) is 0 Å². The molecule has 0 aliphatic rings. The van der Waals surface area contributed by atoms with E-state index in [1.54, 1.807) is 6.92 Å². The van der Waals surface area contributed by atoms with E-state index in [1.807, 2.05) is 48.5 Å². The van der Waals surface area contributed by atoms with Crippen LogP contribution in [0.1, 0.15) is 5.69 Å². The van der Waals surface area contributed by atoms with Gasteiger partial charge in [0.2, 0.25) is 0 Å². The Labute approximate surface area is 104 Å². The SMILES string of the molecule is Cc1nc2ccc(-c3ccccc3)cc2[nH]c1=O. The van der Waals surface area contributed by atoms with Gasteiger partial charge >= 0.3 is 0 Å². The summed E-state index contributed by atoms with van der Waals surface area (Å²) in [6.45, 7) is 1.71. The Bertz CT molecular complexity index is 760. The molecule has 3 heteroatoms. The maximum absolute atomic E-state index is 11.6. The number of fused-ring (bicyclic) bond motifs is 1. The third kappa shape index (κ3) is 1.80. The van der Waals surface area contributed by atoms with E-state index in [-0.39, 0.29) is 5.56 Å². The molecule has 0 radical (unpaired) electrons. The van der Waals surface area contributed by atoms with E-state index in [9.17, 15) is 4.79 Å². The van der Waals surface area contributed by atoms with Gasteiger partial charge in [-0.25, -0.2) is 4.98 Å². The molecule has 0 aliphatic heterocycles. The lowest BCUT2D eigenvalue weighted by molar-refractivity contribution is 1.12. The Hall–Kier alpha value is -2.42. The second-order valence-electron chi connectivity index (χ2n) is 4.25. The fourth-order valence-corrected chi connectivity index (χ4v) is 1.99. The monoisotopic (exact) mass is 236 g/mol. The fourth-order valence-electron chi connectivity index (χ4n) is 1.99. The first kappa shape index (κ1) is 10.7. The summed E-state index contributed by atoms with van der Waals surface area (Å²) in [6, 6.07) is 16.0. The van der Waals surface area contributed by atoms with Crippen molar-refractivity contribution in [3.8, 4) is 11.1 Å². The third-order valence-electron chi connectivity index (χ3n) is 2.97. The zero-order chi connectivity index (χ0) is 12.5. The molecule has 3 nitrogen and oxygen atoms in total. The molecule has 2 aromatic carbocycles. The van der Waals surface area contributed by atoms with Crippen molar-refractivity contribution in [2.24, 2.45) is 0 Å². The fraction of sp³-hybridized carbons (Fsp3) is 0.0667. The van der Waals surface area contributed by atoms with Crippen molar-refractivity contribution in [2.75, 3.05) is 0 Å². The summed E-state index contributed by atoms with van der Waals surface area (Å²) in [6.07, 6.45) is 0. The number of hydrogen-bond acceptors (Lipinski definition) is 2. The molecular weight excluding hydrogens is 224 g/mol. The van der Waals surface area contributed by atoms with Crippen molar-refractivity contribution in [2.45, 2.75) is 6.92 Å². The Kier molecular flexibility index (Phi) is 2.45. The molecule has 3 aromatic rings. The summed E-state index contributed by atoms with van der Waals surface area (Å²) in [5.41, 5.74) is 4.15. The topological polar surface area (TPSA) is 45.8 Å². The maximum Gasteiger partial charge on any atom is 0.269 e. The van der Waals surface area contributed by atoms with Crippen molar-refractivity contribution < 1.29 is 0 Å². The molecule has 1 heterocycles. The predicted molar refractivity (Wildman–Crippen MR) is 72.5 cm³/mol. The predicted octanol–water partition coefficient (Wildman–Crippen LogP) is 2.90. The summed E-state index contributed by atoms with van der Waals surface area (Å²) < 4.78 is 0. The van der Waals surface area contributed by atoms with Gasteiger partial charge in [0.1, 0.15) is 5.69 Å². The van der Waals surface area contributed by atoms with Crippen LogP contribution in [-0.2, 0) is 0 Å². The normalized spacial score (nSPS) is 10.7. The van der Waals surface area contributed by atoms with Crippen LogP contribution in [0.3, 0.4) is 0 Å². The van der Waals surface area contributed by atoms with E-state index in [0.29, 0.717) is 5.69 Å². The van der Waals surface area contributed by atoms with E-state index in [1.165, 1.54) is 0 Å². The lowest BCUT2D eigenvalue weighted by Crippen LogP contribution is -2.11. The number of aromatic nitrogens is 2. The molecule has 88 valence electrons. The van der Waals surface area contributed by atoms with Crippen LogP contribution in [0.15, 0.2) is 53.3 Å². The highest BCUT2D eigenvalue weighted by Crippen LogP contribution is 2.21. The van der Waals surface area contributed by atoms with Gasteiger partial charge in [0.15, 0.2) is 0 Å². The van der Waals surface area contributed by atoms with Gasteiger partial charge in [0.25, 0.3) is 5.56 Å². The van der Waals surface area contributed by atoms with Crippen LogP contribution < -0.4 is 5.56 Å². The molecule has 0 saturated carbocycles. The summed E-state index contributed by atoms with van der Waals surface area (Å²) in [7, 11) is 0. The van der Waals surface area contributed by atoms with Crippen LogP contribution >= 0.6 is 0 Å². The zero-order valence-electron chi connectivity index (χ0n) is 9.97. The molecule has 0 aliphatic carbocycles. The maximum atomic E-state index is 11.6. The highest BCUT2D eigenvalue weighted by Gasteiger charge is 2.02. The van der Waals surface area contributed by atoms with Gasteiger partial charge in [-0.05, 0) is 30.2 Å². The van der Waals surface area contributed by atoms with Crippen molar-refractivity contribution in [3.05, 3.63) is 64.6 Å². The number of benzene rings is 2. The Morgan fingerprint density at radius 1 is 1.00 bits per heavy atom. The second-order valence-corrected chi connectivity index (χ2v) is 4.25. The summed E-state index contributed by atoms with van der Waals surface area (Å²) in [5.74, 6) is 0. The average Bonchev–Trinajstić information content (AvgIpc) is 2.41. The quantitative estimate of drug-likeness (QED) is 0.706. The first-order valence-electron chi connectivity index (χ1n) is 5.80. The minimum absolute atomic E-state index is 0.132. The molecule has 0 fully saturated rings. The standard InChI is InChI=1S/C15H12N2O/c1-10-15(18)17-14-9-12(7-8-13(14)16-10)11-5-3-2-4-6-11/h2-9H,1H3,(H,17,18). The summed E-state index contributed by atoms with van der Waals surface area (Å²) in [4.78, 5) is 18.7. The van der Waals surface area contributed by atoms with Crippen molar-refractivity contribution in [3.63, 3.8) is 0 Å². The molecule has 1 N–H and O–H groups in total. The van der Waals surface area contributed by atoms with Gasteiger partial charge in [0.05, 0.1) is 11.0 Å². The number of hydrogen-bond donors (Lipinski definition) is 1. The van der Waals surface area contributed by atoms with Gasteiger partial charge in [-0.2, -0.15) is 0 Å². The van der Waals surface area contributed by atoms with Crippen molar-refractivity contribution in [1.29, 1.82) is 0 Å². The Morgan fingerprint density at radius 3 is 2.56 bits per heavy atom. The molecule has 18 heavy (non-hydrogen) atoms. The molecule has 0 atom stereocenters. The number of aromatic amines is 1. The highest BCUT2D eigenvalue weighted by atomic mass is 16.1. The Balaban J connectivity index is 2.23. The van der Waals surface area contributed by atoms with Crippen LogP contribution in [0.2, 0.25) is 0 Å². The molecule has 3 rings (SSSR count). The molecule has 0 amide bonds. The molecule has 0 saturated heterocycles. The molecular formula is C15H12N2O. The lowest BCUT2D eigenvalue weighted by Gasteiger charge is -2.04. The van der Waals surface area contributed by atoms with Gasteiger partial charge in [-0.15, -0.1) is 0 Å². The first-order valence-corrected chi connectivity index (χ1v) is 5.80. The van der Waals surface area contributed by atoms with Crippen LogP contribution in [0.25, 0.3) is 22.2 Å². The number of H-pyrrole nitrogens is 1. The first-order chi connectivity index (χ1) is 8.74. The largest absolute Gasteiger partial charge is 0.319 e. The minimum Gasteiger partial charge on any atom is -0.319 e. The molecule has 0 spiro atoms. The molecule has 0 unspecified atom stereocenters. The van der Waals surface area contributed by atoms with E-state index in [4.69, 9.17) is 0 Å². The van der Waals surface area contributed by atoms with E-state index < -0.39 is 0 Å². The van der Waals surface area contributed by atoms with Crippen LogP contribution in [-0.4, -0.2) is 9.97 Å². The van der Waals surface area contributed by atoms with Gasteiger partial charge < -0.3 is 4.98 Å². The Morgan fingerprint density at radius 2 is 1.78 bits per heavy atom. The third-order valence-corrected chi connectivity index (χ3v) is 2.97. The summed E-state index contributed by atoms with van der Waals surface area (Å²) in [5, 5.41) is 0. The number of aryl methyl sites for hydroxylation is 1. The van der Waals surface area contributed by atoms with Gasteiger partial charge in [-0.1, -0.05) is 36.4 Å². The van der Waals surface area contributed by atoms with E-state index in [2.05, 4.69) is 9.97 Å². The molecule has 1 aromatic heterocycles. The summed E-state index contributed by atoms with van der Waals surface area (Å²) >= 11 is 0. The highest BCUT2D eigenvalue weighted by molar-refractivity contribution is 5.81. The number of nitrogens with zero attached hydrogens (tertiary/aromatic N) is 1. The van der Waals surface area contributed by atoms with Gasteiger partial charge in [-0.3, -0.25) is 4.79 Å².